The highest BCUT2D eigenvalue weighted by molar-refractivity contribution is 5.26. The lowest BCUT2D eigenvalue weighted by atomic mass is 10.3. The highest BCUT2D eigenvalue weighted by Gasteiger charge is 2.46. The molecule has 0 aromatic carbocycles. The third-order valence-electron chi connectivity index (χ3n) is 1.37. The van der Waals surface area contributed by atoms with Crippen molar-refractivity contribution in [3.8, 4) is 0 Å². The second-order valence-electron chi connectivity index (χ2n) is 2.91. The Morgan fingerprint density at radius 3 is 2.43 bits per heavy atom. The second-order valence-corrected chi connectivity index (χ2v) is 2.91. The summed E-state index contributed by atoms with van der Waals surface area (Å²) in [5.41, 5.74) is 0. The molecule has 1 aliphatic rings. The highest BCUT2D eigenvalue weighted by Crippen LogP contribution is 2.37. The van der Waals surface area contributed by atoms with Crippen LogP contribution in [0, 0.1) is 0 Å². The van der Waals surface area contributed by atoms with E-state index in [1.54, 1.807) is 0 Å². The fourth-order valence-corrected chi connectivity index (χ4v) is 0.850. The smallest absolute Gasteiger partial charge is 0.422 e. The van der Waals surface area contributed by atoms with Crippen molar-refractivity contribution in [1.29, 1.82) is 0 Å². The monoisotopic (exact) mass is 212 g/mol. The topological polar surface area (TPSA) is 18.5 Å². The molecule has 14 heavy (non-hydrogen) atoms. The van der Waals surface area contributed by atoms with Crippen molar-refractivity contribution < 1.29 is 27.0 Å². The van der Waals surface area contributed by atoms with E-state index in [0.717, 1.165) is 0 Å². The lowest BCUT2D eigenvalue weighted by molar-refractivity contribution is -0.294. The molecule has 1 rings (SSSR count). The Labute approximate surface area is 77.8 Å². The van der Waals surface area contributed by atoms with Gasteiger partial charge in [0.25, 0.3) is 0 Å². The van der Waals surface area contributed by atoms with Gasteiger partial charge in [-0.3, -0.25) is 0 Å². The summed E-state index contributed by atoms with van der Waals surface area (Å²) in [4.78, 5) is 0. The summed E-state index contributed by atoms with van der Waals surface area (Å²) in [5.74, 6) is -5.60. The standard InChI is InChI=1S/C8H8F4O2/c1-4(2)14-8(12)7(11)6(10)5(9)3-13-8/h3-4H,1-2H3. The number of rotatable bonds is 2. The van der Waals surface area contributed by atoms with Crippen LogP contribution in [0.25, 0.3) is 0 Å². The Bertz CT molecular complexity index is 298. The van der Waals surface area contributed by atoms with E-state index in [-0.39, 0.29) is 6.26 Å². The summed E-state index contributed by atoms with van der Waals surface area (Å²) in [6, 6.07) is -3.37. The van der Waals surface area contributed by atoms with Gasteiger partial charge in [0.2, 0.25) is 11.7 Å². The van der Waals surface area contributed by atoms with Crippen molar-refractivity contribution in [2.75, 3.05) is 0 Å². The van der Waals surface area contributed by atoms with Crippen LogP contribution in [0.5, 0.6) is 0 Å². The molecule has 0 amide bonds. The van der Waals surface area contributed by atoms with E-state index in [4.69, 9.17) is 0 Å². The molecule has 80 valence electrons. The Morgan fingerprint density at radius 1 is 1.36 bits per heavy atom. The molecule has 0 N–H and O–H groups in total. The predicted octanol–water partition coefficient (Wildman–Crippen LogP) is 3.03. The first-order chi connectivity index (χ1) is 6.37. The van der Waals surface area contributed by atoms with Crippen molar-refractivity contribution in [1.82, 2.24) is 0 Å². The third kappa shape index (κ3) is 1.89. The van der Waals surface area contributed by atoms with E-state index < -0.39 is 29.6 Å². The molecule has 1 heterocycles. The largest absolute Gasteiger partial charge is 0.435 e. The minimum absolute atomic E-state index is 0.126. The predicted molar refractivity (Wildman–Crippen MR) is 39.6 cm³/mol. The molecular weight excluding hydrogens is 204 g/mol. The first kappa shape index (κ1) is 11.0. The zero-order valence-electron chi connectivity index (χ0n) is 7.48. The summed E-state index contributed by atoms with van der Waals surface area (Å²) in [7, 11) is 0. The molecule has 0 aromatic heterocycles. The summed E-state index contributed by atoms with van der Waals surface area (Å²) in [6.07, 6.45) is -0.617. The molecule has 6 heteroatoms. The van der Waals surface area contributed by atoms with Crippen molar-refractivity contribution in [3.05, 3.63) is 23.7 Å². The molecule has 0 radical (unpaired) electrons. The van der Waals surface area contributed by atoms with Gasteiger partial charge in [-0.2, -0.15) is 8.78 Å². The second kappa shape index (κ2) is 3.61. The molecule has 0 fully saturated rings. The maximum Gasteiger partial charge on any atom is 0.422 e. The van der Waals surface area contributed by atoms with E-state index in [1.807, 2.05) is 0 Å². The van der Waals surface area contributed by atoms with E-state index in [9.17, 15) is 17.6 Å². The van der Waals surface area contributed by atoms with Crippen LogP contribution in [0.4, 0.5) is 17.6 Å². The Balaban J connectivity index is 2.95. The average Bonchev–Trinajstić information content (AvgIpc) is 2.08. The minimum atomic E-state index is -3.37. The fraction of sp³-hybridized carbons (Fsp3) is 0.500. The van der Waals surface area contributed by atoms with Crippen LogP contribution in [-0.4, -0.2) is 12.1 Å². The van der Waals surface area contributed by atoms with Gasteiger partial charge in [-0.1, -0.05) is 0 Å². The van der Waals surface area contributed by atoms with Gasteiger partial charge >= 0.3 is 6.04 Å². The van der Waals surface area contributed by atoms with Gasteiger partial charge in [-0.25, -0.2) is 8.78 Å². The fourth-order valence-electron chi connectivity index (χ4n) is 0.850. The maximum absolute atomic E-state index is 13.3. The van der Waals surface area contributed by atoms with E-state index >= 15 is 0 Å². The SMILES string of the molecule is CC(C)OC1(F)OC=C(F)C(F)=C1F. The molecule has 1 aliphatic heterocycles. The Morgan fingerprint density at radius 2 is 1.93 bits per heavy atom. The van der Waals surface area contributed by atoms with Crippen LogP contribution in [0.3, 0.4) is 0 Å². The first-order valence-electron chi connectivity index (χ1n) is 3.83. The van der Waals surface area contributed by atoms with E-state index in [0.29, 0.717) is 0 Å². The number of hydrogen-bond acceptors (Lipinski definition) is 2. The maximum atomic E-state index is 13.3. The van der Waals surface area contributed by atoms with Crippen LogP contribution in [-0.2, 0) is 9.47 Å². The van der Waals surface area contributed by atoms with Crippen molar-refractivity contribution in [2.45, 2.75) is 26.0 Å². The number of alkyl halides is 1. The lowest BCUT2D eigenvalue weighted by Gasteiger charge is -2.26. The quantitative estimate of drug-likeness (QED) is 0.655. The summed E-state index contributed by atoms with van der Waals surface area (Å²) in [6.45, 7) is 2.79. The van der Waals surface area contributed by atoms with Gasteiger partial charge in [-0.15, -0.1) is 0 Å². The number of halogens is 4. The van der Waals surface area contributed by atoms with Gasteiger partial charge in [0.05, 0.1) is 6.10 Å². The number of hydrogen-bond donors (Lipinski definition) is 0. The molecule has 0 saturated carbocycles. The van der Waals surface area contributed by atoms with E-state index in [1.165, 1.54) is 13.8 Å². The molecule has 0 aliphatic carbocycles. The molecule has 0 spiro atoms. The van der Waals surface area contributed by atoms with Crippen LogP contribution < -0.4 is 0 Å². The van der Waals surface area contributed by atoms with Gasteiger partial charge < -0.3 is 9.47 Å². The molecule has 1 atom stereocenters. The summed E-state index contributed by atoms with van der Waals surface area (Å²) in [5, 5.41) is 0. The molecule has 2 nitrogen and oxygen atoms in total. The van der Waals surface area contributed by atoms with Gasteiger partial charge in [0.1, 0.15) is 6.26 Å². The Hall–Kier alpha value is -1.04. The van der Waals surface area contributed by atoms with Crippen LogP contribution >= 0.6 is 0 Å². The molecule has 1 unspecified atom stereocenters. The zero-order valence-corrected chi connectivity index (χ0v) is 7.48. The molecule has 0 aromatic rings. The average molecular weight is 212 g/mol. The van der Waals surface area contributed by atoms with Crippen LogP contribution in [0.15, 0.2) is 23.7 Å². The normalized spacial score (nSPS) is 27.8. The number of ether oxygens (including phenoxy) is 2. The molecule has 0 bridgehead atoms. The molecular formula is C8H8F4O2. The zero-order chi connectivity index (χ0) is 10.9. The summed E-state index contributed by atoms with van der Waals surface area (Å²) < 4.78 is 59.4. The summed E-state index contributed by atoms with van der Waals surface area (Å²) >= 11 is 0. The molecule has 0 saturated heterocycles. The minimum Gasteiger partial charge on any atom is -0.435 e. The van der Waals surface area contributed by atoms with Crippen molar-refractivity contribution >= 4 is 0 Å². The first-order valence-corrected chi connectivity index (χ1v) is 3.83. The van der Waals surface area contributed by atoms with Gasteiger partial charge in [0.15, 0.2) is 5.83 Å². The highest BCUT2D eigenvalue weighted by atomic mass is 19.2. The van der Waals surface area contributed by atoms with Crippen LogP contribution in [0.1, 0.15) is 13.8 Å². The number of allylic oxidation sites excluding steroid dienone is 2. The van der Waals surface area contributed by atoms with Gasteiger partial charge in [-0.05, 0) is 13.8 Å². The van der Waals surface area contributed by atoms with Crippen LogP contribution in [0.2, 0.25) is 0 Å². The third-order valence-corrected chi connectivity index (χ3v) is 1.37. The van der Waals surface area contributed by atoms with E-state index in [2.05, 4.69) is 9.47 Å². The lowest BCUT2D eigenvalue weighted by Crippen LogP contribution is -2.35. The Kier molecular flexibility index (Phi) is 2.84. The van der Waals surface area contributed by atoms with Crippen molar-refractivity contribution in [2.24, 2.45) is 0 Å². The van der Waals surface area contributed by atoms with Gasteiger partial charge in [0, 0.05) is 0 Å². The van der Waals surface area contributed by atoms with Crippen molar-refractivity contribution in [3.63, 3.8) is 0 Å².